The average Bonchev–Trinajstić information content (AvgIpc) is 2.64. The fraction of sp³-hybridized carbons (Fsp3) is 0.333. The van der Waals surface area contributed by atoms with E-state index in [2.05, 4.69) is 4.42 Å². The molecule has 0 aliphatic heterocycles. The lowest BCUT2D eigenvalue weighted by Crippen LogP contribution is -2.30. The first-order chi connectivity index (χ1) is 7.41. The summed E-state index contributed by atoms with van der Waals surface area (Å²) in [6, 6.07) is 0.993. The summed E-state index contributed by atoms with van der Waals surface area (Å²) in [6.45, 7) is -0.734. The summed E-state index contributed by atoms with van der Waals surface area (Å²) in [4.78, 5) is 22.7. The van der Waals surface area contributed by atoms with Gasteiger partial charge in [-0.15, -0.1) is 0 Å². The third kappa shape index (κ3) is 2.78. The molecule has 5 nitrogen and oxygen atoms in total. The van der Waals surface area contributed by atoms with Gasteiger partial charge in [-0.2, -0.15) is 0 Å². The molecule has 1 rings (SSSR count). The molecule has 0 unspecified atom stereocenters. The maximum absolute atomic E-state index is 12.0. The number of hydrogen-bond donors (Lipinski definition) is 1. The van der Waals surface area contributed by atoms with Crippen LogP contribution in [0.2, 0.25) is 0 Å². The average molecular weight is 233 g/mol. The number of nitrogens with zero attached hydrogens (tertiary/aromatic N) is 1. The maximum Gasteiger partial charge on any atom is 0.338 e. The van der Waals surface area contributed by atoms with Gasteiger partial charge in [0.15, 0.2) is 5.76 Å². The Bertz CT molecular complexity index is 402. The van der Waals surface area contributed by atoms with Crippen molar-refractivity contribution < 1.29 is 27.9 Å². The van der Waals surface area contributed by atoms with Gasteiger partial charge >= 0.3 is 5.97 Å². The van der Waals surface area contributed by atoms with Crippen LogP contribution in [0, 0.1) is 0 Å². The Kier molecular flexibility index (Phi) is 3.60. The minimum absolute atomic E-state index is 0.200. The lowest BCUT2D eigenvalue weighted by molar-refractivity contribution is 0.0593. The molecule has 1 aromatic heterocycles. The number of rotatable bonds is 4. The van der Waals surface area contributed by atoms with Crippen molar-refractivity contribution in [3.8, 4) is 0 Å². The summed E-state index contributed by atoms with van der Waals surface area (Å²) in [6.07, 6.45) is -1.77. The van der Waals surface area contributed by atoms with Crippen LogP contribution in [0.3, 0.4) is 0 Å². The minimum atomic E-state index is -2.65. The second kappa shape index (κ2) is 4.73. The fourth-order valence-corrected chi connectivity index (χ4v) is 1.04. The Morgan fingerprint density at radius 2 is 2.19 bits per heavy atom. The van der Waals surface area contributed by atoms with Gasteiger partial charge in [0, 0.05) is 13.1 Å². The van der Waals surface area contributed by atoms with Crippen LogP contribution >= 0.6 is 0 Å². The largest absolute Gasteiger partial charge is 0.478 e. The van der Waals surface area contributed by atoms with Gasteiger partial charge in [0.1, 0.15) is 6.26 Å². The van der Waals surface area contributed by atoms with E-state index in [1.54, 1.807) is 0 Å². The van der Waals surface area contributed by atoms with Gasteiger partial charge < -0.3 is 14.4 Å². The standard InChI is InChI=1S/C9H9F2NO4/c1-12(3-7(10)11)8(13)6-2-5(4-16-6)9(14)15/h2,4,7H,3H2,1H3,(H,14,15). The van der Waals surface area contributed by atoms with E-state index in [0.29, 0.717) is 0 Å². The second-order valence-corrected chi connectivity index (χ2v) is 3.08. The number of carbonyl (C=O) groups is 2. The summed E-state index contributed by atoms with van der Waals surface area (Å²) < 4.78 is 28.6. The second-order valence-electron chi connectivity index (χ2n) is 3.08. The SMILES string of the molecule is CN(CC(F)F)C(=O)c1cc(C(=O)O)co1. The first-order valence-electron chi connectivity index (χ1n) is 4.27. The molecule has 0 bridgehead atoms. The van der Waals surface area contributed by atoms with Crippen LogP contribution in [-0.2, 0) is 0 Å². The summed E-state index contributed by atoms with van der Waals surface area (Å²) in [7, 11) is 1.18. The molecule has 0 aromatic carbocycles. The van der Waals surface area contributed by atoms with Crippen molar-refractivity contribution in [1.29, 1.82) is 0 Å². The number of carboxylic acid groups (broad SMARTS) is 1. The molecule has 16 heavy (non-hydrogen) atoms. The predicted molar refractivity (Wildman–Crippen MR) is 48.6 cm³/mol. The summed E-state index contributed by atoms with van der Waals surface area (Å²) in [5.74, 6) is -2.31. The van der Waals surface area contributed by atoms with E-state index < -0.39 is 24.8 Å². The quantitative estimate of drug-likeness (QED) is 0.851. The predicted octanol–water partition coefficient (Wildman–Crippen LogP) is 1.31. The molecule has 0 saturated heterocycles. The summed E-state index contributed by atoms with van der Waals surface area (Å²) in [5.41, 5.74) is -0.200. The van der Waals surface area contributed by atoms with Gasteiger partial charge in [-0.25, -0.2) is 13.6 Å². The van der Waals surface area contributed by atoms with Crippen LogP contribution in [-0.4, -0.2) is 41.9 Å². The van der Waals surface area contributed by atoms with Gasteiger partial charge in [0.05, 0.1) is 12.1 Å². The van der Waals surface area contributed by atoms with Crippen LogP contribution in [0.4, 0.5) is 8.78 Å². The zero-order valence-electron chi connectivity index (χ0n) is 8.31. The van der Waals surface area contributed by atoms with Crippen LogP contribution in [0.5, 0.6) is 0 Å². The van der Waals surface area contributed by atoms with E-state index in [1.165, 1.54) is 7.05 Å². The Labute approximate surface area is 89.3 Å². The highest BCUT2D eigenvalue weighted by Crippen LogP contribution is 2.10. The molecule has 0 saturated carbocycles. The number of carbonyl (C=O) groups excluding carboxylic acids is 1. The number of hydrogen-bond acceptors (Lipinski definition) is 3. The summed E-state index contributed by atoms with van der Waals surface area (Å²) in [5, 5.41) is 8.56. The fourth-order valence-electron chi connectivity index (χ4n) is 1.04. The van der Waals surface area contributed by atoms with Crippen LogP contribution in [0.1, 0.15) is 20.9 Å². The smallest absolute Gasteiger partial charge is 0.338 e. The third-order valence-corrected chi connectivity index (χ3v) is 1.82. The van der Waals surface area contributed by atoms with Crippen molar-refractivity contribution in [2.75, 3.05) is 13.6 Å². The van der Waals surface area contributed by atoms with Crippen LogP contribution < -0.4 is 0 Å². The minimum Gasteiger partial charge on any atom is -0.478 e. The number of furan rings is 1. The maximum atomic E-state index is 12.0. The van der Waals surface area contributed by atoms with Crippen molar-refractivity contribution in [2.45, 2.75) is 6.43 Å². The third-order valence-electron chi connectivity index (χ3n) is 1.82. The lowest BCUT2D eigenvalue weighted by Gasteiger charge is -2.14. The molecule has 1 heterocycles. The zero-order chi connectivity index (χ0) is 12.3. The Morgan fingerprint density at radius 1 is 1.56 bits per heavy atom. The number of alkyl halides is 2. The molecule has 1 aromatic rings. The number of halogens is 2. The van der Waals surface area contributed by atoms with E-state index in [9.17, 15) is 18.4 Å². The van der Waals surface area contributed by atoms with Gasteiger partial charge in [0.2, 0.25) is 0 Å². The Hall–Kier alpha value is -1.92. The van der Waals surface area contributed by atoms with E-state index in [0.717, 1.165) is 17.2 Å². The highest BCUT2D eigenvalue weighted by Gasteiger charge is 2.20. The van der Waals surface area contributed by atoms with Gasteiger partial charge in [-0.3, -0.25) is 4.79 Å². The molecule has 0 atom stereocenters. The normalized spacial score (nSPS) is 10.5. The Morgan fingerprint density at radius 3 is 2.62 bits per heavy atom. The van der Waals surface area contributed by atoms with Crippen molar-refractivity contribution in [3.05, 3.63) is 23.7 Å². The number of carboxylic acids is 1. The highest BCUT2D eigenvalue weighted by atomic mass is 19.3. The van der Waals surface area contributed by atoms with Crippen molar-refractivity contribution >= 4 is 11.9 Å². The molecule has 7 heteroatoms. The van der Waals surface area contributed by atoms with Gasteiger partial charge in [-0.1, -0.05) is 0 Å². The molecule has 1 amide bonds. The van der Waals surface area contributed by atoms with Gasteiger partial charge in [-0.05, 0) is 0 Å². The topological polar surface area (TPSA) is 70.8 Å². The molecule has 0 fully saturated rings. The van der Waals surface area contributed by atoms with Gasteiger partial charge in [0.25, 0.3) is 12.3 Å². The van der Waals surface area contributed by atoms with Crippen LogP contribution in [0.15, 0.2) is 16.7 Å². The van der Waals surface area contributed by atoms with Crippen molar-refractivity contribution in [1.82, 2.24) is 4.90 Å². The molecular formula is C9H9F2NO4. The molecule has 88 valence electrons. The van der Waals surface area contributed by atoms with Crippen LogP contribution in [0.25, 0.3) is 0 Å². The first kappa shape index (κ1) is 12.2. The van der Waals surface area contributed by atoms with E-state index in [4.69, 9.17) is 5.11 Å². The highest BCUT2D eigenvalue weighted by molar-refractivity contribution is 5.95. The number of aromatic carboxylic acids is 1. The Balaban J connectivity index is 2.76. The molecular weight excluding hydrogens is 224 g/mol. The van der Waals surface area contributed by atoms with Crippen molar-refractivity contribution in [2.24, 2.45) is 0 Å². The molecule has 0 aliphatic carbocycles. The molecule has 0 spiro atoms. The summed E-state index contributed by atoms with van der Waals surface area (Å²) >= 11 is 0. The molecule has 0 aliphatic rings. The molecule has 1 N–H and O–H groups in total. The lowest BCUT2D eigenvalue weighted by atomic mass is 10.3. The van der Waals surface area contributed by atoms with E-state index in [-0.39, 0.29) is 11.3 Å². The zero-order valence-corrected chi connectivity index (χ0v) is 8.31. The number of amides is 1. The molecule has 0 radical (unpaired) electrons. The monoisotopic (exact) mass is 233 g/mol. The van der Waals surface area contributed by atoms with Crippen molar-refractivity contribution in [3.63, 3.8) is 0 Å². The van der Waals surface area contributed by atoms with E-state index >= 15 is 0 Å². The first-order valence-corrected chi connectivity index (χ1v) is 4.27. The van der Waals surface area contributed by atoms with E-state index in [1.807, 2.05) is 0 Å².